The monoisotopic (exact) mass is 243 g/mol. The molecule has 1 unspecified atom stereocenters. The normalized spacial score (nSPS) is 34.4. The van der Waals surface area contributed by atoms with Crippen LogP contribution in [0.5, 0.6) is 0 Å². The summed E-state index contributed by atoms with van der Waals surface area (Å²) in [7, 11) is 0. The third-order valence-corrected chi connectivity index (χ3v) is 3.95. The van der Waals surface area contributed by atoms with Crippen LogP contribution in [-0.2, 0) is 9.53 Å². The molecule has 2 rings (SSSR count). The Morgan fingerprint density at radius 1 is 1.35 bits per heavy atom. The number of amides is 1. The fourth-order valence-corrected chi connectivity index (χ4v) is 2.75. The van der Waals surface area contributed by atoms with Crippen LogP contribution in [0.3, 0.4) is 0 Å². The van der Waals surface area contributed by atoms with E-state index in [4.69, 9.17) is 4.74 Å². The summed E-state index contributed by atoms with van der Waals surface area (Å²) >= 11 is 0. The molecule has 3 nitrogen and oxygen atoms in total. The van der Waals surface area contributed by atoms with Crippen molar-refractivity contribution < 1.29 is 13.9 Å². The smallest absolute Gasteiger partial charge is 0.228 e. The second-order valence-electron chi connectivity index (χ2n) is 6.29. The first kappa shape index (κ1) is 12.8. The Kier molecular flexibility index (Phi) is 3.43. The number of halogens is 1. The molecule has 0 bridgehead atoms. The molecule has 2 aliphatic heterocycles. The van der Waals surface area contributed by atoms with Crippen molar-refractivity contribution >= 4 is 5.91 Å². The number of carbonyl (C=O) groups is 1. The first-order valence-corrected chi connectivity index (χ1v) is 6.40. The van der Waals surface area contributed by atoms with Gasteiger partial charge in [-0.1, -0.05) is 20.8 Å². The lowest BCUT2D eigenvalue weighted by Gasteiger charge is -2.28. The molecule has 3 atom stereocenters. The van der Waals surface area contributed by atoms with Crippen LogP contribution in [0, 0.1) is 17.3 Å². The van der Waals surface area contributed by atoms with E-state index in [0.717, 1.165) is 6.42 Å². The molecule has 1 amide bonds. The maximum Gasteiger partial charge on any atom is 0.228 e. The van der Waals surface area contributed by atoms with E-state index in [2.05, 4.69) is 0 Å². The van der Waals surface area contributed by atoms with Crippen LogP contribution >= 0.6 is 0 Å². The number of alkyl halides is 1. The molecule has 0 spiro atoms. The van der Waals surface area contributed by atoms with E-state index in [9.17, 15) is 9.18 Å². The van der Waals surface area contributed by atoms with Crippen molar-refractivity contribution in [3.05, 3.63) is 0 Å². The summed E-state index contributed by atoms with van der Waals surface area (Å²) in [6, 6.07) is 0. The molecule has 2 aliphatic rings. The molecule has 17 heavy (non-hydrogen) atoms. The van der Waals surface area contributed by atoms with Gasteiger partial charge in [0.05, 0.1) is 19.1 Å². The summed E-state index contributed by atoms with van der Waals surface area (Å²) in [5.41, 5.74) is -0.0827. The second-order valence-corrected chi connectivity index (χ2v) is 6.29. The molecule has 2 saturated heterocycles. The Bertz CT molecular complexity index is 294. The Balaban J connectivity index is 1.98. The van der Waals surface area contributed by atoms with Crippen molar-refractivity contribution in [2.45, 2.75) is 33.4 Å². The molecular formula is C13H22FNO2. The molecule has 2 heterocycles. The lowest BCUT2D eigenvalue weighted by atomic mass is 9.79. The van der Waals surface area contributed by atoms with Gasteiger partial charge in [-0.05, 0) is 11.8 Å². The fraction of sp³-hybridized carbons (Fsp3) is 0.923. The van der Waals surface area contributed by atoms with Crippen LogP contribution < -0.4 is 0 Å². The quantitative estimate of drug-likeness (QED) is 0.703. The maximum atomic E-state index is 14.0. The predicted octanol–water partition coefficient (Wildman–Crippen LogP) is 1.87. The molecule has 0 aromatic carbocycles. The van der Waals surface area contributed by atoms with Crippen molar-refractivity contribution in [3.63, 3.8) is 0 Å². The van der Waals surface area contributed by atoms with Gasteiger partial charge in [-0.2, -0.15) is 0 Å². The average Bonchev–Trinajstić information content (AvgIpc) is 2.83. The third kappa shape index (κ3) is 2.62. The highest BCUT2D eigenvalue weighted by Crippen LogP contribution is 2.36. The van der Waals surface area contributed by atoms with Gasteiger partial charge in [0.25, 0.3) is 0 Å². The van der Waals surface area contributed by atoms with Crippen LogP contribution in [0.1, 0.15) is 27.2 Å². The highest BCUT2D eigenvalue weighted by molar-refractivity contribution is 5.79. The summed E-state index contributed by atoms with van der Waals surface area (Å²) < 4.78 is 19.2. The van der Waals surface area contributed by atoms with Gasteiger partial charge in [-0.15, -0.1) is 0 Å². The highest BCUT2D eigenvalue weighted by atomic mass is 19.1. The number of likely N-dealkylation sites (tertiary alicyclic amines) is 1. The first-order chi connectivity index (χ1) is 7.89. The van der Waals surface area contributed by atoms with Gasteiger partial charge < -0.3 is 9.64 Å². The predicted molar refractivity (Wildman–Crippen MR) is 63.3 cm³/mol. The lowest BCUT2D eigenvalue weighted by Crippen LogP contribution is -2.36. The summed E-state index contributed by atoms with van der Waals surface area (Å²) in [6.07, 6.45) is -0.104. The van der Waals surface area contributed by atoms with Gasteiger partial charge in [0.1, 0.15) is 6.17 Å². The highest BCUT2D eigenvalue weighted by Gasteiger charge is 2.43. The number of nitrogens with zero attached hydrogens (tertiary/aromatic N) is 1. The summed E-state index contributed by atoms with van der Waals surface area (Å²) in [4.78, 5) is 13.8. The zero-order valence-corrected chi connectivity index (χ0v) is 10.9. The Morgan fingerprint density at radius 3 is 2.53 bits per heavy atom. The first-order valence-electron chi connectivity index (χ1n) is 6.40. The van der Waals surface area contributed by atoms with E-state index in [1.165, 1.54) is 0 Å². The summed E-state index contributed by atoms with van der Waals surface area (Å²) in [5.74, 6) is -0.00779. The molecule has 0 aliphatic carbocycles. The van der Waals surface area contributed by atoms with Gasteiger partial charge in [0, 0.05) is 19.1 Å². The van der Waals surface area contributed by atoms with Crippen molar-refractivity contribution in [2.24, 2.45) is 17.3 Å². The molecule has 2 fully saturated rings. The number of rotatable bonds is 1. The van der Waals surface area contributed by atoms with Crippen molar-refractivity contribution in [2.75, 3.05) is 26.3 Å². The van der Waals surface area contributed by atoms with Crippen molar-refractivity contribution in [3.8, 4) is 0 Å². The lowest BCUT2D eigenvalue weighted by molar-refractivity contribution is -0.134. The second kappa shape index (κ2) is 4.56. The van der Waals surface area contributed by atoms with Crippen molar-refractivity contribution in [1.29, 1.82) is 0 Å². The van der Waals surface area contributed by atoms with Gasteiger partial charge in [-0.25, -0.2) is 4.39 Å². The molecular weight excluding hydrogens is 221 g/mol. The zero-order chi connectivity index (χ0) is 12.6. The molecule has 0 aromatic heterocycles. The largest absolute Gasteiger partial charge is 0.381 e. The maximum absolute atomic E-state index is 14.0. The fourth-order valence-electron chi connectivity index (χ4n) is 2.75. The minimum absolute atomic E-state index is 0.0408. The van der Waals surface area contributed by atoms with Gasteiger partial charge in [-0.3, -0.25) is 4.79 Å². The topological polar surface area (TPSA) is 29.5 Å². The number of carbonyl (C=O) groups excluding carboxylic acids is 1. The summed E-state index contributed by atoms with van der Waals surface area (Å²) in [5, 5.41) is 0. The number of hydrogen-bond donors (Lipinski definition) is 0. The van der Waals surface area contributed by atoms with Crippen LogP contribution in [0.4, 0.5) is 4.39 Å². The molecule has 0 radical (unpaired) electrons. The van der Waals surface area contributed by atoms with Crippen LogP contribution in [0.2, 0.25) is 0 Å². The SMILES string of the molecule is CC(C)(C)[C@@H]1CN(C(=O)C2CCOC2)C[C@@H]1F. The minimum Gasteiger partial charge on any atom is -0.381 e. The molecule has 0 aromatic rings. The van der Waals surface area contributed by atoms with E-state index in [-0.39, 0.29) is 29.7 Å². The molecule has 4 heteroatoms. The number of hydrogen-bond acceptors (Lipinski definition) is 2. The van der Waals surface area contributed by atoms with E-state index >= 15 is 0 Å². The Hall–Kier alpha value is -0.640. The standard InChI is InChI=1S/C13H22FNO2/c1-13(2,3)10-6-15(7-11(10)14)12(16)9-4-5-17-8-9/h9-11H,4-8H2,1-3H3/t9?,10-,11+/m1/s1. The number of ether oxygens (including phenoxy) is 1. The third-order valence-electron chi connectivity index (χ3n) is 3.95. The van der Waals surface area contributed by atoms with Crippen LogP contribution in [-0.4, -0.2) is 43.3 Å². The van der Waals surface area contributed by atoms with Crippen LogP contribution in [0.15, 0.2) is 0 Å². The molecule has 98 valence electrons. The van der Waals surface area contributed by atoms with E-state index in [1.807, 2.05) is 20.8 Å². The summed E-state index contributed by atoms with van der Waals surface area (Å²) in [6.45, 7) is 8.10. The van der Waals surface area contributed by atoms with Crippen LogP contribution in [0.25, 0.3) is 0 Å². The van der Waals surface area contributed by atoms with E-state index < -0.39 is 6.17 Å². The zero-order valence-electron chi connectivity index (χ0n) is 10.9. The Morgan fingerprint density at radius 2 is 2.06 bits per heavy atom. The van der Waals surface area contributed by atoms with Gasteiger partial charge >= 0.3 is 0 Å². The van der Waals surface area contributed by atoms with Gasteiger partial charge in [0.15, 0.2) is 0 Å². The molecule has 0 saturated carbocycles. The Labute approximate surface area is 102 Å². The average molecular weight is 243 g/mol. The minimum atomic E-state index is -0.888. The van der Waals surface area contributed by atoms with E-state index in [1.54, 1.807) is 4.90 Å². The van der Waals surface area contributed by atoms with Gasteiger partial charge in [0.2, 0.25) is 5.91 Å². The van der Waals surface area contributed by atoms with E-state index in [0.29, 0.717) is 19.8 Å². The molecule has 0 N–H and O–H groups in total. The van der Waals surface area contributed by atoms with Crippen molar-refractivity contribution in [1.82, 2.24) is 4.90 Å².